The molecule has 1 aliphatic heterocycles. The van der Waals surface area contributed by atoms with Crippen molar-refractivity contribution < 1.29 is 18.7 Å². The third-order valence-electron chi connectivity index (χ3n) is 4.05. The van der Waals surface area contributed by atoms with Crippen LogP contribution in [0.15, 0.2) is 47.1 Å². The van der Waals surface area contributed by atoms with E-state index in [0.717, 1.165) is 5.56 Å². The number of furan rings is 1. The van der Waals surface area contributed by atoms with E-state index in [2.05, 4.69) is 0 Å². The maximum absolute atomic E-state index is 12.6. The van der Waals surface area contributed by atoms with Gasteiger partial charge in [-0.2, -0.15) is 0 Å². The second-order valence-electron chi connectivity index (χ2n) is 5.40. The van der Waals surface area contributed by atoms with Gasteiger partial charge in [0.25, 0.3) is 5.91 Å². The fourth-order valence-corrected chi connectivity index (χ4v) is 2.61. The lowest BCUT2D eigenvalue weighted by molar-refractivity contribution is -0.142. The Morgan fingerprint density at radius 1 is 1.27 bits per heavy atom. The molecule has 5 heteroatoms. The zero-order valence-corrected chi connectivity index (χ0v) is 12.5. The number of carbonyl (C=O) groups excluding carboxylic acids is 2. The zero-order valence-electron chi connectivity index (χ0n) is 12.5. The van der Waals surface area contributed by atoms with Crippen LogP contribution in [0.5, 0.6) is 0 Å². The Balaban J connectivity index is 1.77. The van der Waals surface area contributed by atoms with Gasteiger partial charge >= 0.3 is 5.97 Å². The molecular weight excluding hydrogens is 282 g/mol. The molecule has 22 heavy (non-hydrogen) atoms. The first-order valence-electron chi connectivity index (χ1n) is 7.17. The van der Waals surface area contributed by atoms with Gasteiger partial charge in [0.15, 0.2) is 6.10 Å². The molecular formula is C17H17NO4. The summed E-state index contributed by atoms with van der Waals surface area (Å²) in [7, 11) is 1.68. The minimum Gasteiger partial charge on any atom is -0.467 e. The molecule has 2 atom stereocenters. The van der Waals surface area contributed by atoms with Gasteiger partial charge in [-0.1, -0.05) is 18.2 Å². The van der Waals surface area contributed by atoms with Crippen molar-refractivity contribution in [2.24, 2.45) is 0 Å². The average Bonchev–Trinajstić information content (AvgIpc) is 3.07. The van der Waals surface area contributed by atoms with Crippen molar-refractivity contribution in [3.8, 4) is 0 Å². The number of amides is 1. The van der Waals surface area contributed by atoms with Crippen LogP contribution in [0.25, 0.3) is 0 Å². The second-order valence-corrected chi connectivity index (χ2v) is 5.40. The summed E-state index contributed by atoms with van der Waals surface area (Å²) < 4.78 is 10.6. The molecule has 2 heterocycles. The molecule has 0 fully saturated rings. The van der Waals surface area contributed by atoms with Crippen molar-refractivity contribution in [1.82, 2.24) is 4.90 Å². The molecule has 0 spiro atoms. The predicted molar refractivity (Wildman–Crippen MR) is 79.2 cm³/mol. The van der Waals surface area contributed by atoms with E-state index in [4.69, 9.17) is 9.15 Å². The third kappa shape index (κ3) is 2.50. The van der Waals surface area contributed by atoms with Gasteiger partial charge < -0.3 is 14.1 Å². The molecule has 0 radical (unpaired) electrons. The number of likely N-dealkylation sites (N-methyl/N-ethyl adjacent to an activating group) is 1. The Labute approximate surface area is 128 Å². The van der Waals surface area contributed by atoms with Crippen molar-refractivity contribution >= 4 is 11.9 Å². The summed E-state index contributed by atoms with van der Waals surface area (Å²) in [6.07, 6.45) is 1.18. The van der Waals surface area contributed by atoms with Gasteiger partial charge in [0, 0.05) is 13.5 Å². The van der Waals surface area contributed by atoms with Gasteiger partial charge in [-0.05, 0) is 30.7 Å². The highest BCUT2D eigenvalue weighted by atomic mass is 16.5. The Morgan fingerprint density at radius 3 is 2.77 bits per heavy atom. The Kier molecular flexibility index (Phi) is 3.71. The van der Waals surface area contributed by atoms with Gasteiger partial charge in [0.1, 0.15) is 5.76 Å². The molecule has 0 saturated carbocycles. The van der Waals surface area contributed by atoms with Crippen LogP contribution < -0.4 is 0 Å². The fourth-order valence-electron chi connectivity index (χ4n) is 2.61. The van der Waals surface area contributed by atoms with Gasteiger partial charge in [-0.15, -0.1) is 0 Å². The number of rotatable bonds is 3. The van der Waals surface area contributed by atoms with Gasteiger partial charge in [-0.25, -0.2) is 4.79 Å². The molecule has 0 bridgehead atoms. The largest absolute Gasteiger partial charge is 0.467 e. The Morgan fingerprint density at radius 2 is 2.05 bits per heavy atom. The van der Waals surface area contributed by atoms with Crippen LogP contribution in [0.3, 0.4) is 0 Å². The smallest absolute Gasteiger partial charge is 0.339 e. The van der Waals surface area contributed by atoms with Crippen LogP contribution in [-0.2, 0) is 16.0 Å². The fraction of sp³-hybridized carbons (Fsp3) is 0.294. The first kappa shape index (κ1) is 14.4. The molecule has 2 aromatic rings. The molecule has 0 saturated heterocycles. The number of ether oxygens (including phenoxy) is 1. The summed E-state index contributed by atoms with van der Waals surface area (Å²) in [6, 6.07) is 10.6. The normalized spacial score (nSPS) is 18.3. The van der Waals surface area contributed by atoms with Crippen LogP contribution in [0, 0.1) is 0 Å². The van der Waals surface area contributed by atoms with Crippen LogP contribution in [0.4, 0.5) is 0 Å². The van der Waals surface area contributed by atoms with E-state index in [1.54, 1.807) is 36.4 Å². The van der Waals surface area contributed by atoms with Gasteiger partial charge in [0.2, 0.25) is 0 Å². The molecule has 114 valence electrons. The maximum Gasteiger partial charge on any atom is 0.339 e. The van der Waals surface area contributed by atoms with E-state index in [9.17, 15) is 9.59 Å². The predicted octanol–water partition coefficient (Wildman–Crippen LogP) is 2.58. The van der Waals surface area contributed by atoms with E-state index in [1.807, 2.05) is 25.1 Å². The van der Waals surface area contributed by atoms with E-state index in [0.29, 0.717) is 17.7 Å². The summed E-state index contributed by atoms with van der Waals surface area (Å²) in [5, 5.41) is 0. The summed E-state index contributed by atoms with van der Waals surface area (Å²) in [4.78, 5) is 26.2. The van der Waals surface area contributed by atoms with Crippen molar-refractivity contribution in [1.29, 1.82) is 0 Å². The highest BCUT2D eigenvalue weighted by Crippen LogP contribution is 2.25. The number of nitrogens with zero attached hydrogens (tertiary/aromatic N) is 1. The SMILES string of the molecule is CC(c1ccco1)N(C)C(=O)C1Cc2ccccc2C(=O)O1. The number of cyclic esters (lactones) is 1. The molecule has 5 nitrogen and oxygen atoms in total. The lowest BCUT2D eigenvalue weighted by Gasteiger charge is -2.30. The van der Waals surface area contributed by atoms with Crippen LogP contribution in [0.2, 0.25) is 0 Å². The summed E-state index contributed by atoms with van der Waals surface area (Å²) in [5.74, 6) is 0.0180. The number of esters is 1. The number of carbonyl (C=O) groups is 2. The van der Waals surface area contributed by atoms with Crippen LogP contribution in [0.1, 0.15) is 34.6 Å². The molecule has 2 unspecified atom stereocenters. The highest BCUT2D eigenvalue weighted by molar-refractivity contribution is 5.95. The minimum absolute atomic E-state index is 0.224. The van der Waals surface area contributed by atoms with Crippen LogP contribution in [-0.4, -0.2) is 29.9 Å². The van der Waals surface area contributed by atoms with Crippen molar-refractivity contribution in [2.45, 2.75) is 25.5 Å². The first-order chi connectivity index (χ1) is 10.6. The Bertz CT molecular complexity index is 692. The van der Waals surface area contributed by atoms with E-state index in [-0.39, 0.29) is 11.9 Å². The number of fused-ring (bicyclic) bond motifs is 1. The van der Waals surface area contributed by atoms with E-state index >= 15 is 0 Å². The standard InChI is InChI=1S/C17H17NO4/c1-11(14-8-5-9-21-14)18(2)16(19)15-10-12-6-3-4-7-13(12)17(20)22-15/h3-9,11,15H,10H2,1-2H3. The quantitative estimate of drug-likeness (QED) is 0.817. The minimum atomic E-state index is -0.787. The second kappa shape index (κ2) is 5.67. The number of hydrogen-bond donors (Lipinski definition) is 0. The van der Waals surface area contributed by atoms with Crippen molar-refractivity contribution in [3.05, 3.63) is 59.5 Å². The van der Waals surface area contributed by atoms with Gasteiger partial charge in [-0.3, -0.25) is 4.79 Å². The molecule has 1 aromatic carbocycles. The monoisotopic (exact) mass is 299 g/mol. The van der Waals surface area contributed by atoms with Crippen molar-refractivity contribution in [3.63, 3.8) is 0 Å². The topological polar surface area (TPSA) is 59.8 Å². The van der Waals surface area contributed by atoms with Crippen molar-refractivity contribution in [2.75, 3.05) is 7.05 Å². The molecule has 1 aromatic heterocycles. The van der Waals surface area contributed by atoms with E-state index in [1.165, 1.54) is 0 Å². The first-order valence-corrected chi connectivity index (χ1v) is 7.17. The zero-order chi connectivity index (χ0) is 15.7. The molecule has 3 rings (SSSR count). The molecule has 1 amide bonds. The summed E-state index contributed by atoms with van der Waals surface area (Å²) >= 11 is 0. The number of hydrogen-bond acceptors (Lipinski definition) is 4. The molecule has 1 aliphatic rings. The average molecular weight is 299 g/mol. The molecule has 0 N–H and O–H groups in total. The molecule has 0 aliphatic carbocycles. The maximum atomic E-state index is 12.6. The summed E-state index contributed by atoms with van der Waals surface area (Å²) in [6.45, 7) is 1.87. The number of benzene rings is 1. The van der Waals surface area contributed by atoms with Crippen LogP contribution >= 0.6 is 0 Å². The lowest BCUT2D eigenvalue weighted by Crippen LogP contribution is -2.43. The Hall–Kier alpha value is -2.56. The lowest BCUT2D eigenvalue weighted by atomic mass is 9.98. The summed E-state index contributed by atoms with van der Waals surface area (Å²) in [5.41, 5.74) is 1.38. The van der Waals surface area contributed by atoms with Gasteiger partial charge in [0.05, 0.1) is 17.9 Å². The van der Waals surface area contributed by atoms with E-state index < -0.39 is 12.1 Å². The highest BCUT2D eigenvalue weighted by Gasteiger charge is 2.34. The third-order valence-corrected chi connectivity index (χ3v) is 4.05.